The topological polar surface area (TPSA) is 78.4 Å². The molecule has 0 saturated heterocycles. The zero-order valence-electron chi connectivity index (χ0n) is 8.08. The molecule has 0 radical (unpaired) electrons. The number of aliphatic hydroxyl groups is 1. The van der Waals surface area contributed by atoms with Gasteiger partial charge in [-0.2, -0.15) is 0 Å². The van der Waals surface area contributed by atoms with E-state index in [1.165, 1.54) is 0 Å². The van der Waals surface area contributed by atoms with Crippen LogP contribution in [0.15, 0.2) is 0 Å². The van der Waals surface area contributed by atoms with E-state index < -0.39 is 10.0 Å². The van der Waals surface area contributed by atoms with Gasteiger partial charge in [-0.05, 0) is 19.9 Å². The van der Waals surface area contributed by atoms with Crippen LogP contribution in [0.1, 0.15) is 13.3 Å². The molecule has 0 aliphatic carbocycles. The van der Waals surface area contributed by atoms with Gasteiger partial charge in [-0.3, -0.25) is 0 Å². The highest BCUT2D eigenvalue weighted by atomic mass is 32.2. The highest BCUT2D eigenvalue weighted by molar-refractivity contribution is 7.88. The second-order valence-corrected chi connectivity index (χ2v) is 4.91. The van der Waals surface area contributed by atoms with Crippen LogP contribution in [0.5, 0.6) is 0 Å². The first kappa shape index (κ1) is 12.8. The molecule has 0 spiro atoms. The van der Waals surface area contributed by atoms with E-state index >= 15 is 0 Å². The Bertz CT molecular complexity index is 214. The fraction of sp³-hybridized carbons (Fsp3) is 1.00. The summed E-state index contributed by atoms with van der Waals surface area (Å²) in [5.41, 5.74) is 0. The number of nitrogens with one attached hydrogen (secondary N) is 2. The summed E-state index contributed by atoms with van der Waals surface area (Å²) in [5, 5.41) is 11.9. The molecule has 0 aromatic carbocycles. The Morgan fingerprint density at radius 3 is 2.46 bits per heavy atom. The minimum absolute atomic E-state index is 0.358. The van der Waals surface area contributed by atoms with E-state index in [9.17, 15) is 8.42 Å². The Labute approximate surface area is 79.6 Å². The van der Waals surface area contributed by atoms with Crippen molar-refractivity contribution >= 4 is 10.0 Å². The fourth-order valence-electron chi connectivity index (χ4n) is 0.782. The maximum Gasteiger partial charge on any atom is 0.208 e. The number of hydrogen-bond acceptors (Lipinski definition) is 4. The SMILES string of the molecule is CC(O)CNCCCNS(C)(=O)=O. The van der Waals surface area contributed by atoms with Crippen LogP contribution < -0.4 is 10.0 Å². The molecular formula is C7H18N2O3S. The Morgan fingerprint density at radius 2 is 2.00 bits per heavy atom. The molecule has 5 nitrogen and oxygen atoms in total. The molecule has 0 bridgehead atoms. The third-order valence-electron chi connectivity index (χ3n) is 1.33. The van der Waals surface area contributed by atoms with Crippen LogP contribution in [0.3, 0.4) is 0 Å². The highest BCUT2D eigenvalue weighted by Crippen LogP contribution is 1.79. The molecule has 13 heavy (non-hydrogen) atoms. The molecule has 0 saturated carbocycles. The molecule has 0 fully saturated rings. The Kier molecular flexibility index (Phi) is 6.23. The van der Waals surface area contributed by atoms with Crippen molar-refractivity contribution in [3.8, 4) is 0 Å². The van der Waals surface area contributed by atoms with Crippen molar-refractivity contribution in [1.82, 2.24) is 10.0 Å². The van der Waals surface area contributed by atoms with Crippen molar-refractivity contribution in [2.75, 3.05) is 25.9 Å². The molecular weight excluding hydrogens is 192 g/mol. The van der Waals surface area contributed by atoms with Crippen molar-refractivity contribution in [2.24, 2.45) is 0 Å². The van der Waals surface area contributed by atoms with Crippen molar-refractivity contribution in [1.29, 1.82) is 0 Å². The summed E-state index contributed by atoms with van der Waals surface area (Å²) in [6, 6.07) is 0. The van der Waals surface area contributed by atoms with Crippen LogP contribution in [0, 0.1) is 0 Å². The van der Waals surface area contributed by atoms with Gasteiger partial charge in [0.2, 0.25) is 10.0 Å². The van der Waals surface area contributed by atoms with Gasteiger partial charge in [-0.15, -0.1) is 0 Å². The molecule has 0 amide bonds. The number of hydrogen-bond donors (Lipinski definition) is 3. The molecule has 6 heteroatoms. The monoisotopic (exact) mass is 210 g/mol. The Morgan fingerprint density at radius 1 is 1.38 bits per heavy atom. The summed E-state index contributed by atoms with van der Waals surface area (Å²) < 4.78 is 23.6. The maximum atomic E-state index is 10.6. The van der Waals surface area contributed by atoms with Crippen LogP contribution in [0.25, 0.3) is 0 Å². The van der Waals surface area contributed by atoms with Crippen molar-refractivity contribution in [3.05, 3.63) is 0 Å². The first-order valence-electron chi connectivity index (χ1n) is 4.25. The number of rotatable bonds is 7. The third-order valence-corrected chi connectivity index (χ3v) is 2.06. The molecule has 0 rings (SSSR count). The Hall–Kier alpha value is -0.170. The van der Waals surface area contributed by atoms with Crippen LogP contribution in [-0.2, 0) is 10.0 Å². The van der Waals surface area contributed by atoms with Crippen LogP contribution in [-0.4, -0.2) is 45.5 Å². The van der Waals surface area contributed by atoms with Gasteiger partial charge in [-0.25, -0.2) is 13.1 Å². The predicted molar refractivity (Wildman–Crippen MR) is 52.0 cm³/mol. The summed E-state index contributed by atoms with van der Waals surface area (Å²) >= 11 is 0. The zero-order valence-corrected chi connectivity index (χ0v) is 8.89. The first-order valence-corrected chi connectivity index (χ1v) is 6.14. The normalized spacial score (nSPS) is 14.4. The molecule has 0 aliphatic rings. The quantitative estimate of drug-likeness (QED) is 0.466. The van der Waals surface area contributed by atoms with E-state index in [2.05, 4.69) is 10.0 Å². The summed E-state index contributed by atoms with van der Waals surface area (Å²) in [4.78, 5) is 0. The molecule has 0 aliphatic heterocycles. The minimum Gasteiger partial charge on any atom is -0.392 e. The van der Waals surface area contributed by atoms with Crippen LogP contribution in [0.4, 0.5) is 0 Å². The van der Waals surface area contributed by atoms with Crippen molar-refractivity contribution in [3.63, 3.8) is 0 Å². The van der Waals surface area contributed by atoms with E-state index in [0.29, 0.717) is 19.6 Å². The van der Waals surface area contributed by atoms with E-state index in [-0.39, 0.29) is 6.10 Å². The molecule has 0 heterocycles. The van der Waals surface area contributed by atoms with Gasteiger partial charge in [0.05, 0.1) is 12.4 Å². The smallest absolute Gasteiger partial charge is 0.208 e. The summed E-state index contributed by atoms with van der Waals surface area (Å²) in [7, 11) is -3.05. The summed E-state index contributed by atoms with van der Waals surface area (Å²) in [6.07, 6.45) is 1.50. The minimum atomic E-state index is -3.05. The number of sulfonamides is 1. The first-order chi connectivity index (χ1) is 5.92. The van der Waals surface area contributed by atoms with E-state index in [0.717, 1.165) is 12.7 Å². The average molecular weight is 210 g/mol. The second-order valence-electron chi connectivity index (χ2n) is 3.07. The molecule has 0 aromatic rings. The second kappa shape index (κ2) is 6.31. The zero-order chi connectivity index (χ0) is 10.3. The van der Waals surface area contributed by atoms with E-state index in [1.807, 2.05) is 0 Å². The fourth-order valence-corrected chi connectivity index (χ4v) is 1.30. The van der Waals surface area contributed by atoms with Gasteiger partial charge in [0, 0.05) is 13.1 Å². The average Bonchev–Trinajstić information content (AvgIpc) is 1.93. The lowest BCUT2D eigenvalue weighted by atomic mass is 10.4. The molecule has 0 aromatic heterocycles. The lowest BCUT2D eigenvalue weighted by Crippen LogP contribution is -2.29. The van der Waals surface area contributed by atoms with E-state index in [4.69, 9.17) is 5.11 Å². The largest absolute Gasteiger partial charge is 0.392 e. The summed E-state index contributed by atoms with van der Waals surface area (Å²) in [6.45, 7) is 3.37. The maximum absolute atomic E-state index is 10.6. The lowest BCUT2D eigenvalue weighted by Gasteiger charge is -2.06. The van der Waals surface area contributed by atoms with Crippen molar-refractivity contribution < 1.29 is 13.5 Å². The number of aliphatic hydroxyl groups excluding tert-OH is 1. The van der Waals surface area contributed by atoms with Gasteiger partial charge in [0.1, 0.15) is 0 Å². The van der Waals surface area contributed by atoms with Crippen molar-refractivity contribution in [2.45, 2.75) is 19.4 Å². The van der Waals surface area contributed by atoms with Gasteiger partial charge in [-0.1, -0.05) is 0 Å². The van der Waals surface area contributed by atoms with Gasteiger partial charge in [0.25, 0.3) is 0 Å². The highest BCUT2D eigenvalue weighted by Gasteiger charge is 1.98. The van der Waals surface area contributed by atoms with E-state index in [1.54, 1.807) is 6.92 Å². The molecule has 1 atom stereocenters. The molecule has 3 N–H and O–H groups in total. The Balaban J connectivity index is 3.18. The lowest BCUT2D eigenvalue weighted by molar-refractivity contribution is 0.191. The molecule has 1 unspecified atom stereocenters. The molecule has 80 valence electrons. The van der Waals surface area contributed by atoms with Gasteiger partial charge in [0.15, 0.2) is 0 Å². The van der Waals surface area contributed by atoms with Gasteiger partial charge < -0.3 is 10.4 Å². The van der Waals surface area contributed by atoms with Crippen LogP contribution >= 0.6 is 0 Å². The summed E-state index contributed by atoms with van der Waals surface area (Å²) in [5.74, 6) is 0. The predicted octanol–water partition coefficient (Wildman–Crippen LogP) is -1.10. The third kappa shape index (κ3) is 11.8. The van der Waals surface area contributed by atoms with Crippen LogP contribution in [0.2, 0.25) is 0 Å². The van der Waals surface area contributed by atoms with Gasteiger partial charge >= 0.3 is 0 Å². The standard InChI is InChI=1S/C7H18N2O3S/c1-7(10)6-8-4-3-5-9-13(2,11)12/h7-10H,3-6H2,1-2H3.